The molecule has 3 atom stereocenters. The number of nitrogens with zero attached hydrogens (tertiary/aromatic N) is 3. The number of hydrogen-bond acceptors (Lipinski definition) is 8. The van der Waals surface area contributed by atoms with Crippen LogP contribution in [0.3, 0.4) is 0 Å². The Balaban J connectivity index is 1.43. The summed E-state index contributed by atoms with van der Waals surface area (Å²) in [5.74, 6) is -3.50. The number of thiophene rings is 1. The van der Waals surface area contributed by atoms with Crippen LogP contribution in [0, 0.1) is 5.92 Å². The number of hydrogen-bond donors (Lipinski definition) is 0. The fraction of sp³-hybridized carbons (Fsp3) is 0.360. The third-order valence-electron chi connectivity index (χ3n) is 7.01. The van der Waals surface area contributed by atoms with Gasteiger partial charge in [-0.3, -0.25) is 23.7 Å². The van der Waals surface area contributed by atoms with E-state index in [1.54, 1.807) is 22.4 Å². The third-order valence-corrected chi connectivity index (χ3v) is 10.6. The van der Waals surface area contributed by atoms with Gasteiger partial charge in [0.25, 0.3) is 0 Å². The number of thioether (sulfide) groups is 1. The second-order valence-electron chi connectivity index (χ2n) is 9.20. The van der Waals surface area contributed by atoms with E-state index in [0.29, 0.717) is 46.0 Å². The van der Waals surface area contributed by atoms with E-state index in [1.165, 1.54) is 28.0 Å². The Morgan fingerprint density at radius 3 is 2.46 bits per heavy atom. The minimum atomic E-state index is -4.77. The molecule has 0 saturated carbocycles. The lowest BCUT2D eigenvalue weighted by Crippen LogP contribution is -2.43. The second-order valence-corrected chi connectivity index (χ2v) is 12.3. The van der Waals surface area contributed by atoms with Crippen molar-refractivity contribution in [1.29, 1.82) is 0 Å². The highest BCUT2D eigenvalue weighted by molar-refractivity contribution is 8.00. The molecule has 2 fully saturated rings. The number of rotatable bonds is 4. The minimum absolute atomic E-state index is 0.241. The molecule has 3 amide bonds. The van der Waals surface area contributed by atoms with Crippen LogP contribution < -0.4 is 9.77 Å². The summed E-state index contributed by atoms with van der Waals surface area (Å²) in [6, 6.07) is 8.07. The van der Waals surface area contributed by atoms with Crippen molar-refractivity contribution in [3.63, 3.8) is 0 Å². The molecule has 204 valence electrons. The molecule has 6 rings (SSSR count). The minimum Gasteiger partial charge on any atom is -0.378 e. The van der Waals surface area contributed by atoms with E-state index < -0.39 is 51.2 Å². The standard InChI is InChI=1S/C25H20F3N3O5S3/c26-25(27,28)13-4-1-2-5-14(13)31-21(33)18-17(15-6-3-11-37-15)20-23(38-19(18)22(31)34)30(24(35)39-20)12-16(32)29-7-9-36-10-8-29/h1-6,11,17-19H,7-10,12H2/t17-,18-,19+/m0/s1. The molecule has 3 aromatic rings. The van der Waals surface area contributed by atoms with E-state index >= 15 is 0 Å². The van der Waals surface area contributed by atoms with Crippen molar-refractivity contribution in [3.05, 3.63) is 66.8 Å². The number of ether oxygens (including phenoxy) is 1. The number of anilines is 1. The molecule has 2 saturated heterocycles. The number of fused-ring (bicyclic) bond motifs is 2. The normalized spacial score (nSPS) is 23.2. The van der Waals surface area contributed by atoms with Gasteiger partial charge in [0.1, 0.15) is 11.8 Å². The van der Waals surface area contributed by atoms with Gasteiger partial charge < -0.3 is 9.64 Å². The number of halogens is 3. The largest absolute Gasteiger partial charge is 0.418 e. The molecular weight excluding hydrogens is 575 g/mol. The Hall–Kier alpha value is -2.94. The second kappa shape index (κ2) is 9.91. The van der Waals surface area contributed by atoms with Gasteiger partial charge in [0.05, 0.1) is 35.4 Å². The third kappa shape index (κ3) is 4.42. The lowest BCUT2D eigenvalue weighted by molar-refractivity contribution is -0.137. The quantitative estimate of drug-likeness (QED) is 0.428. The maximum absolute atomic E-state index is 13.8. The first-order chi connectivity index (χ1) is 18.7. The Morgan fingerprint density at radius 1 is 1.03 bits per heavy atom. The van der Waals surface area contributed by atoms with Crippen LogP contribution in [-0.4, -0.2) is 58.7 Å². The summed E-state index contributed by atoms with van der Waals surface area (Å²) >= 11 is 3.22. The number of carbonyl (C=O) groups excluding carboxylic acids is 3. The zero-order valence-corrected chi connectivity index (χ0v) is 22.5. The number of morpholine rings is 1. The molecule has 1 aromatic carbocycles. The lowest BCUT2D eigenvalue weighted by Gasteiger charge is -2.30. The van der Waals surface area contributed by atoms with Crippen LogP contribution in [0.2, 0.25) is 0 Å². The molecule has 5 heterocycles. The van der Waals surface area contributed by atoms with Gasteiger partial charge in [-0.05, 0) is 23.6 Å². The van der Waals surface area contributed by atoms with Gasteiger partial charge in [-0.2, -0.15) is 13.2 Å². The molecule has 0 spiro atoms. The first-order valence-corrected chi connectivity index (χ1v) is 14.6. The van der Waals surface area contributed by atoms with Crippen LogP contribution in [0.4, 0.5) is 18.9 Å². The van der Waals surface area contributed by atoms with Crippen molar-refractivity contribution in [1.82, 2.24) is 9.47 Å². The van der Waals surface area contributed by atoms with E-state index in [0.717, 1.165) is 35.2 Å². The number of alkyl halides is 3. The van der Waals surface area contributed by atoms with Crippen LogP contribution in [0.1, 0.15) is 21.2 Å². The molecule has 0 radical (unpaired) electrons. The van der Waals surface area contributed by atoms with Crippen molar-refractivity contribution in [2.24, 2.45) is 5.92 Å². The van der Waals surface area contributed by atoms with Gasteiger partial charge in [0.2, 0.25) is 17.7 Å². The Kier molecular flexibility index (Phi) is 6.68. The SMILES string of the molecule is O=C(Cn1c2c(sc1=O)[C@@H](c1cccs1)[C@@H]1C(=O)N(c3ccccc3C(F)(F)F)C(=O)[C@@H]1S2)N1CCOCC1. The maximum atomic E-state index is 13.8. The Morgan fingerprint density at radius 2 is 1.77 bits per heavy atom. The smallest absolute Gasteiger partial charge is 0.378 e. The average Bonchev–Trinajstić information content (AvgIpc) is 3.61. The van der Waals surface area contributed by atoms with Crippen molar-refractivity contribution >= 4 is 57.8 Å². The van der Waals surface area contributed by atoms with E-state index in [1.807, 2.05) is 0 Å². The van der Waals surface area contributed by atoms with Crippen LogP contribution >= 0.6 is 34.4 Å². The maximum Gasteiger partial charge on any atom is 0.418 e. The summed E-state index contributed by atoms with van der Waals surface area (Å²) in [4.78, 5) is 56.7. The first kappa shape index (κ1) is 26.3. The number of carbonyl (C=O) groups is 3. The molecule has 0 N–H and O–H groups in total. The molecule has 3 aliphatic heterocycles. The topological polar surface area (TPSA) is 88.9 Å². The van der Waals surface area contributed by atoms with Crippen molar-refractivity contribution in [2.75, 3.05) is 31.2 Å². The van der Waals surface area contributed by atoms with E-state index in [4.69, 9.17) is 4.74 Å². The van der Waals surface area contributed by atoms with Crippen molar-refractivity contribution in [2.45, 2.75) is 28.9 Å². The van der Waals surface area contributed by atoms with Crippen molar-refractivity contribution < 1.29 is 32.3 Å². The average molecular weight is 596 g/mol. The molecule has 8 nitrogen and oxygen atoms in total. The van der Waals surface area contributed by atoms with Crippen molar-refractivity contribution in [3.8, 4) is 0 Å². The molecule has 0 unspecified atom stereocenters. The summed E-state index contributed by atoms with van der Waals surface area (Å²) in [6.45, 7) is 1.35. The number of para-hydroxylation sites is 1. The number of benzene rings is 1. The van der Waals surface area contributed by atoms with Gasteiger partial charge in [0.15, 0.2) is 0 Å². The van der Waals surface area contributed by atoms with Crippen LogP contribution in [0.5, 0.6) is 0 Å². The van der Waals surface area contributed by atoms with E-state index in [-0.39, 0.29) is 12.5 Å². The molecule has 0 bridgehead atoms. The monoisotopic (exact) mass is 595 g/mol. The van der Waals surface area contributed by atoms with Gasteiger partial charge >= 0.3 is 11.0 Å². The summed E-state index contributed by atoms with van der Waals surface area (Å²) in [7, 11) is 0. The Bertz CT molecular complexity index is 1510. The zero-order chi connectivity index (χ0) is 27.5. The van der Waals surface area contributed by atoms with Gasteiger partial charge in [0, 0.05) is 28.8 Å². The Labute approximate surface area is 232 Å². The fourth-order valence-electron chi connectivity index (χ4n) is 5.22. The first-order valence-electron chi connectivity index (χ1n) is 12.0. The highest BCUT2D eigenvalue weighted by Gasteiger charge is 2.58. The van der Waals surface area contributed by atoms with Crippen LogP contribution in [0.15, 0.2) is 51.6 Å². The van der Waals surface area contributed by atoms with E-state index in [2.05, 4.69) is 0 Å². The number of thiazole rings is 1. The molecule has 39 heavy (non-hydrogen) atoms. The summed E-state index contributed by atoms with van der Waals surface area (Å²) in [5.41, 5.74) is -1.59. The number of aromatic nitrogens is 1. The predicted molar refractivity (Wildman–Crippen MR) is 139 cm³/mol. The number of imide groups is 1. The highest BCUT2D eigenvalue weighted by atomic mass is 32.2. The van der Waals surface area contributed by atoms with Crippen LogP contribution in [0.25, 0.3) is 0 Å². The van der Waals surface area contributed by atoms with Gasteiger partial charge in [-0.1, -0.05) is 41.3 Å². The predicted octanol–water partition coefficient (Wildman–Crippen LogP) is 3.64. The van der Waals surface area contributed by atoms with Crippen LogP contribution in [-0.2, 0) is 31.8 Å². The lowest BCUT2D eigenvalue weighted by atomic mass is 9.87. The summed E-state index contributed by atoms with van der Waals surface area (Å²) in [5, 5.41) is 1.14. The summed E-state index contributed by atoms with van der Waals surface area (Å²) in [6.07, 6.45) is -4.77. The fourth-order valence-corrected chi connectivity index (χ4v) is 8.95. The zero-order valence-electron chi connectivity index (χ0n) is 20.1. The van der Waals surface area contributed by atoms with Gasteiger partial charge in [-0.15, -0.1) is 11.3 Å². The molecular formula is C25H20F3N3O5S3. The summed E-state index contributed by atoms with van der Waals surface area (Å²) < 4.78 is 48.1. The molecule has 3 aliphatic rings. The molecule has 14 heteroatoms. The highest BCUT2D eigenvalue weighted by Crippen LogP contribution is 2.55. The molecule has 2 aromatic heterocycles. The van der Waals surface area contributed by atoms with Gasteiger partial charge in [-0.25, -0.2) is 4.90 Å². The molecule has 0 aliphatic carbocycles. The van der Waals surface area contributed by atoms with E-state index in [9.17, 15) is 32.3 Å². The number of amides is 3.